The highest BCUT2D eigenvalue weighted by Crippen LogP contribution is 2.32. The minimum absolute atomic E-state index is 0.0884. The van der Waals surface area contributed by atoms with Crippen LogP contribution >= 0.6 is 0 Å². The maximum atomic E-state index is 12.9. The monoisotopic (exact) mass is 535 g/mol. The standard InChI is InChI=1S/C29H33N3O7/c1-18-8-6-7-9-22(18)30-29(36)31-23-12-10-20(19(2)27(23)38-5)17-26(33)32(3)14-15-39-24-13-11-21(28(34)35)16-25(24)37-4/h6-13,16H,14-15,17H2,1-5H3,(H,34,35)(H2,30,31,36). The molecule has 0 unspecified atom stereocenters. The van der Waals surface area contributed by atoms with E-state index in [1.807, 2.05) is 38.1 Å². The first-order valence-corrected chi connectivity index (χ1v) is 12.2. The van der Waals surface area contributed by atoms with Gasteiger partial charge < -0.3 is 34.9 Å². The van der Waals surface area contributed by atoms with Gasteiger partial charge in [0.25, 0.3) is 0 Å². The molecule has 0 aromatic heterocycles. The number of para-hydroxylation sites is 1. The third-order valence-electron chi connectivity index (χ3n) is 6.23. The topological polar surface area (TPSA) is 126 Å². The summed E-state index contributed by atoms with van der Waals surface area (Å²) in [6.07, 6.45) is 0.130. The Kier molecular flexibility index (Phi) is 9.75. The summed E-state index contributed by atoms with van der Waals surface area (Å²) in [5.74, 6) is -0.0316. The Morgan fingerprint density at radius 1 is 0.897 bits per heavy atom. The van der Waals surface area contributed by atoms with E-state index in [1.165, 1.54) is 32.4 Å². The average Bonchev–Trinajstić information content (AvgIpc) is 2.91. The van der Waals surface area contributed by atoms with Crippen LogP contribution in [0.4, 0.5) is 16.2 Å². The number of nitrogens with zero attached hydrogens (tertiary/aromatic N) is 1. The third kappa shape index (κ3) is 7.41. The van der Waals surface area contributed by atoms with Crippen LogP contribution in [0.3, 0.4) is 0 Å². The number of methoxy groups -OCH3 is 2. The van der Waals surface area contributed by atoms with Gasteiger partial charge in [0.05, 0.1) is 38.4 Å². The molecule has 10 nitrogen and oxygen atoms in total. The molecule has 3 amide bonds. The fourth-order valence-electron chi connectivity index (χ4n) is 3.91. The summed E-state index contributed by atoms with van der Waals surface area (Å²) >= 11 is 0. The molecule has 0 aliphatic carbocycles. The predicted octanol–water partition coefficient (Wildman–Crippen LogP) is 4.74. The van der Waals surface area contributed by atoms with Crippen LogP contribution in [-0.4, -0.2) is 62.3 Å². The molecule has 0 radical (unpaired) electrons. The zero-order valence-electron chi connectivity index (χ0n) is 22.7. The van der Waals surface area contributed by atoms with E-state index in [9.17, 15) is 14.4 Å². The number of likely N-dealkylation sites (N-methyl/N-ethyl adjacent to an activating group) is 1. The molecule has 0 saturated heterocycles. The smallest absolute Gasteiger partial charge is 0.335 e. The first-order chi connectivity index (χ1) is 18.6. The van der Waals surface area contributed by atoms with Crippen LogP contribution in [0.2, 0.25) is 0 Å². The van der Waals surface area contributed by atoms with E-state index in [2.05, 4.69) is 10.6 Å². The van der Waals surface area contributed by atoms with Gasteiger partial charge >= 0.3 is 12.0 Å². The minimum atomic E-state index is -1.06. The largest absolute Gasteiger partial charge is 0.494 e. The van der Waals surface area contributed by atoms with Crippen LogP contribution in [-0.2, 0) is 11.2 Å². The molecule has 0 heterocycles. The van der Waals surface area contributed by atoms with Crippen LogP contribution in [0.25, 0.3) is 0 Å². The zero-order valence-corrected chi connectivity index (χ0v) is 22.7. The highest BCUT2D eigenvalue weighted by atomic mass is 16.5. The Hall–Kier alpha value is -4.73. The average molecular weight is 536 g/mol. The summed E-state index contributed by atoms with van der Waals surface area (Å²) in [5, 5.41) is 14.8. The number of benzene rings is 3. The van der Waals surface area contributed by atoms with Crippen molar-refractivity contribution < 1.29 is 33.7 Å². The van der Waals surface area contributed by atoms with E-state index in [-0.39, 0.29) is 24.5 Å². The zero-order chi connectivity index (χ0) is 28.5. The number of carbonyl (C=O) groups is 3. The van der Waals surface area contributed by atoms with Gasteiger partial charge in [-0.25, -0.2) is 9.59 Å². The number of amides is 3. The number of hydrogen-bond donors (Lipinski definition) is 3. The van der Waals surface area contributed by atoms with Crippen LogP contribution in [0, 0.1) is 13.8 Å². The molecule has 3 rings (SSSR count). The Balaban J connectivity index is 1.60. The molecule has 0 fully saturated rings. The second-order valence-electron chi connectivity index (χ2n) is 8.84. The van der Waals surface area contributed by atoms with Crippen LogP contribution in [0.5, 0.6) is 17.2 Å². The fourth-order valence-corrected chi connectivity index (χ4v) is 3.91. The van der Waals surface area contributed by atoms with E-state index in [0.29, 0.717) is 35.2 Å². The lowest BCUT2D eigenvalue weighted by Crippen LogP contribution is -2.32. The Morgan fingerprint density at radius 3 is 2.28 bits per heavy atom. The lowest BCUT2D eigenvalue weighted by atomic mass is 10.0. The van der Waals surface area contributed by atoms with Crippen LogP contribution in [0.15, 0.2) is 54.6 Å². The number of rotatable bonds is 11. The number of hydrogen-bond acceptors (Lipinski definition) is 6. The van der Waals surface area contributed by atoms with E-state index in [4.69, 9.17) is 19.3 Å². The van der Waals surface area contributed by atoms with Gasteiger partial charge in [0.15, 0.2) is 11.5 Å². The van der Waals surface area contributed by atoms with Crippen molar-refractivity contribution >= 4 is 29.3 Å². The van der Waals surface area contributed by atoms with Crippen LogP contribution < -0.4 is 24.8 Å². The van der Waals surface area contributed by atoms with E-state index in [1.54, 1.807) is 24.1 Å². The number of aromatic carboxylic acids is 1. The van der Waals surface area contributed by atoms with Crippen molar-refractivity contribution in [1.29, 1.82) is 0 Å². The second kappa shape index (κ2) is 13.2. The van der Waals surface area contributed by atoms with E-state index in [0.717, 1.165) is 16.7 Å². The molecule has 0 spiro atoms. The Bertz CT molecular complexity index is 1360. The van der Waals surface area contributed by atoms with Gasteiger partial charge in [-0.2, -0.15) is 0 Å². The highest BCUT2D eigenvalue weighted by molar-refractivity contribution is 6.01. The summed E-state index contributed by atoms with van der Waals surface area (Å²) in [4.78, 5) is 38.2. The summed E-state index contributed by atoms with van der Waals surface area (Å²) in [5.41, 5.74) is 3.73. The number of ether oxygens (including phenoxy) is 3. The number of urea groups is 1. The molecule has 0 bridgehead atoms. The van der Waals surface area contributed by atoms with Gasteiger partial charge in [-0.3, -0.25) is 4.79 Å². The molecule has 10 heteroatoms. The van der Waals surface area contributed by atoms with Crippen molar-refractivity contribution in [1.82, 2.24) is 4.90 Å². The number of carboxylic acids is 1. The molecule has 39 heavy (non-hydrogen) atoms. The van der Waals surface area contributed by atoms with Gasteiger partial charge in [-0.1, -0.05) is 24.3 Å². The lowest BCUT2D eigenvalue weighted by Gasteiger charge is -2.20. The maximum Gasteiger partial charge on any atom is 0.335 e. The molecule has 0 aliphatic heterocycles. The summed E-state index contributed by atoms with van der Waals surface area (Å²) in [6, 6.07) is 14.9. The maximum absolute atomic E-state index is 12.9. The fraction of sp³-hybridized carbons (Fsp3) is 0.276. The van der Waals surface area contributed by atoms with E-state index >= 15 is 0 Å². The molecule has 3 N–H and O–H groups in total. The molecule has 0 saturated carbocycles. The number of anilines is 2. The lowest BCUT2D eigenvalue weighted by molar-refractivity contribution is -0.129. The normalized spacial score (nSPS) is 10.4. The number of carboxylic acid groups (broad SMARTS) is 1. The predicted molar refractivity (Wildman–Crippen MR) is 148 cm³/mol. The van der Waals surface area contributed by atoms with Gasteiger partial charge in [-0.05, 0) is 60.9 Å². The quantitative estimate of drug-likeness (QED) is 0.324. The van der Waals surface area contributed by atoms with Gasteiger partial charge in [0.2, 0.25) is 5.91 Å². The molecular weight excluding hydrogens is 502 g/mol. The summed E-state index contributed by atoms with van der Waals surface area (Å²) < 4.78 is 16.5. The molecule has 0 atom stereocenters. The van der Waals surface area contributed by atoms with Crippen molar-refractivity contribution in [3.8, 4) is 17.2 Å². The molecule has 0 aliphatic rings. The van der Waals surface area contributed by atoms with Gasteiger partial charge in [0, 0.05) is 12.7 Å². The molecular formula is C29H33N3O7. The first-order valence-electron chi connectivity index (χ1n) is 12.2. The van der Waals surface area contributed by atoms with Crippen molar-refractivity contribution in [2.24, 2.45) is 0 Å². The highest BCUT2D eigenvalue weighted by Gasteiger charge is 2.18. The summed E-state index contributed by atoms with van der Waals surface area (Å²) in [6.45, 7) is 4.23. The third-order valence-corrected chi connectivity index (χ3v) is 6.23. The molecule has 206 valence electrons. The van der Waals surface area contributed by atoms with Gasteiger partial charge in [0.1, 0.15) is 12.4 Å². The van der Waals surface area contributed by atoms with Crippen molar-refractivity contribution in [2.45, 2.75) is 20.3 Å². The van der Waals surface area contributed by atoms with Crippen molar-refractivity contribution in [3.63, 3.8) is 0 Å². The second-order valence-corrected chi connectivity index (χ2v) is 8.84. The molecule has 3 aromatic carbocycles. The number of aryl methyl sites for hydroxylation is 1. The van der Waals surface area contributed by atoms with Crippen molar-refractivity contribution in [3.05, 3.63) is 76.9 Å². The molecule has 3 aromatic rings. The SMILES string of the molecule is COc1cc(C(=O)O)ccc1OCCN(C)C(=O)Cc1ccc(NC(=O)Nc2ccccc2C)c(OC)c1C. The van der Waals surface area contributed by atoms with E-state index < -0.39 is 12.0 Å². The Labute approximate surface area is 227 Å². The van der Waals surface area contributed by atoms with Crippen molar-refractivity contribution in [2.75, 3.05) is 45.1 Å². The first kappa shape index (κ1) is 28.8. The summed E-state index contributed by atoms with van der Waals surface area (Å²) in [7, 11) is 4.62. The van der Waals surface area contributed by atoms with Crippen LogP contribution in [0.1, 0.15) is 27.0 Å². The number of carbonyl (C=O) groups excluding carboxylic acids is 2. The number of nitrogens with one attached hydrogen (secondary N) is 2. The Morgan fingerprint density at radius 2 is 1.62 bits per heavy atom. The van der Waals surface area contributed by atoms with Gasteiger partial charge in [-0.15, -0.1) is 0 Å². The minimum Gasteiger partial charge on any atom is -0.494 e.